The van der Waals surface area contributed by atoms with Gasteiger partial charge in [0, 0.05) is 17.1 Å². The molecule has 1 aromatic carbocycles. The first-order chi connectivity index (χ1) is 12.4. The van der Waals surface area contributed by atoms with E-state index < -0.39 is 11.6 Å². The van der Waals surface area contributed by atoms with Crippen molar-refractivity contribution in [1.82, 2.24) is 10.3 Å². The largest absolute Gasteiger partial charge is 0.484 e. The maximum Gasteiger partial charge on any atom is 0.146 e. The third-order valence-electron chi connectivity index (χ3n) is 3.60. The highest BCUT2D eigenvalue weighted by Crippen LogP contribution is 2.21. The number of thiocarbonyl (C=S) groups is 1. The second-order valence-corrected chi connectivity index (χ2v) is 6.18. The van der Waals surface area contributed by atoms with Crippen molar-refractivity contribution in [3.63, 3.8) is 0 Å². The van der Waals surface area contributed by atoms with Gasteiger partial charge in [0.25, 0.3) is 0 Å². The molecular weight excluding hydrogens is 346 g/mol. The summed E-state index contributed by atoms with van der Waals surface area (Å²) in [4.78, 5) is 9.43. The van der Waals surface area contributed by atoms with E-state index in [0.717, 1.165) is 10.9 Å². The minimum absolute atomic E-state index is 0.408. The molecule has 0 saturated heterocycles. The highest BCUT2D eigenvalue weighted by atomic mass is 32.1. The minimum Gasteiger partial charge on any atom is -0.484 e. The summed E-state index contributed by atoms with van der Waals surface area (Å²) in [5.74, 6) is 5.81. The van der Waals surface area contributed by atoms with Crippen molar-refractivity contribution in [2.45, 2.75) is 25.5 Å². The zero-order valence-corrected chi connectivity index (χ0v) is 15.6. The third-order valence-corrected chi connectivity index (χ3v) is 4.03. The smallest absolute Gasteiger partial charge is 0.146 e. The van der Waals surface area contributed by atoms with Gasteiger partial charge in [-0.25, -0.2) is 0 Å². The summed E-state index contributed by atoms with van der Waals surface area (Å²) in [6, 6.07) is 7.45. The van der Waals surface area contributed by atoms with E-state index >= 15 is 0 Å². The monoisotopic (exact) mass is 365 g/mol. The Hall–Kier alpha value is -3.09. The SMILES string of the molecule is C#Cc1cnc2ccc(OC(C)C(=S)NC(C)(C#C)C=NOC)cc2c1. The number of fused-ring (bicyclic) bond motifs is 1. The molecule has 2 rings (SSSR count). The lowest BCUT2D eigenvalue weighted by atomic mass is 10.1. The van der Waals surface area contributed by atoms with Gasteiger partial charge in [0.05, 0.1) is 11.7 Å². The topological polar surface area (TPSA) is 55.7 Å². The second kappa shape index (κ2) is 8.33. The Labute approximate surface area is 158 Å². The lowest BCUT2D eigenvalue weighted by Gasteiger charge is -2.25. The summed E-state index contributed by atoms with van der Waals surface area (Å²) in [6.07, 6.45) is 13.7. The summed E-state index contributed by atoms with van der Waals surface area (Å²) >= 11 is 5.40. The number of benzene rings is 1. The highest BCUT2D eigenvalue weighted by Gasteiger charge is 2.23. The number of rotatable bonds is 6. The number of ether oxygens (including phenoxy) is 1. The van der Waals surface area contributed by atoms with Gasteiger partial charge >= 0.3 is 0 Å². The Morgan fingerprint density at radius 1 is 1.42 bits per heavy atom. The molecule has 0 fully saturated rings. The fourth-order valence-corrected chi connectivity index (χ4v) is 2.40. The lowest BCUT2D eigenvalue weighted by Crippen LogP contribution is -2.49. The van der Waals surface area contributed by atoms with Gasteiger partial charge in [-0.2, -0.15) is 0 Å². The summed E-state index contributed by atoms with van der Waals surface area (Å²) in [6.45, 7) is 3.59. The normalized spacial score (nSPS) is 14.0. The van der Waals surface area contributed by atoms with E-state index in [0.29, 0.717) is 16.3 Å². The van der Waals surface area contributed by atoms with Crippen LogP contribution in [-0.4, -0.2) is 34.9 Å². The predicted octanol–water partition coefficient (Wildman–Crippen LogP) is 2.92. The van der Waals surface area contributed by atoms with Crippen LogP contribution >= 0.6 is 12.2 Å². The van der Waals surface area contributed by atoms with Crippen LogP contribution in [0.4, 0.5) is 0 Å². The second-order valence-electron chi connectivity index (χ2n) is 5.74. The van der Waals surface area contributed by atoms with Crippen molar-refractivity contribution < 1.29 is 9.57 Å². The zero-order valence-electron chi connectivity index (χ0n) is 14.8. The molecule has 0 spiro atoms. The van der Waals surface area contributed by atoms with E-state index in [4.69, 9.17) is 29.8 Å². The zero-order chi connectivity index (χ0) is 19.2. The van der Waals surface area contributed by atoms with E-state index in [9.17, 15) is 0 Å². The van der Waals surface area contributed by atoms with E-state index in [1.807, 2.05) is 31.2 Å². The number of hydrogen-bond acceptors (Lipinski definition) is 5. The molecule has 5 nitrogen and oxygen atoms in total. The van der Waals surface area contributed by atoms with E-state index in [-0.39, 0.29) is 0 Å². The molecule has 26 heavy (non-hydrogen) atoms. The van der Waals surface area contributed by atoms with Crippen LogP contribution < -0.4 is 10.1 Å². The van der Waals surface area contributed by atoms with Gasteiger partial charge in [0.1, 0.15) is 29.5 Å². The molecule has 2 atom stereocenters. The molecule has 0 saturated carbocycles. The number of hydrogen-bond donors (Lipinski definition) is 1. The first-order valence-electron chi connectivity index (χ1n) is 7.81. The van der Waals surface area contributed by atoms with Crippen molar-refractivity contribution in [1.29, 1.82) is 0 Å². The molecule has 0 aliphatic heterocycles. The van der Waals surface area contributed by atoms with Gasteiger partial charge < -0.3 is 14.9 Å². The molecule has 1 heterocycles. The Kier molecular flexibility index (Phi) is 6.16. The molecule has 2 unspecified atom stereocenters. The Morgan fingerprint density at radius 2 is 2.19 bits per heavy atom. The van der Waals surface area contributed by atoms with Crippen molar-refractivity contribution >= 4 is 34.3 Å². The molecule has 0 radical (unpaired) electrons. The van der Waals surface area contributed by atoms with Gasteiger partial charge in [-0.1, -0.05) is 29.2 Å². The standard InChI is InChI=1S/C20H19N3O2S/c1-6-15-10-16-11-17(8-9-18(16)21-12-15)25-14(3)19(26)23-20(4,7-2)13-22-24-5/h1-2,8-14H,3-5H3,(H,23,26). The number of pyridine rings is 1. The molecule has 0 aliphatic carbocycles. The molecule has 132 valence electrons. The number of oxime groups is 1. The molecule has 0 aliphatic rings. The number of aromatic nitrogens is 1. The first kappa shape index (κ1) is 19.2. The summed E-state index contributed by atoms with van der Waals surface area (Å²) in [5.41, 5.74) is 0.669. The van der Waals surface area contributed by atoms with Gasteiger partial charge in [0.15, 0.2) is 0 Å². The van der Waals surface area contributed by atoms with Gasteiger partial charge in [-0.15, -0.1) is 12.8 Å². The number of nitrogens with zero attached hydrogens (tertiary/aromatic N) is 2. The first-order valence-corrected chi connectivity index (χ1v) is 8.22. The van der Waals surface area contributed by atoms with Crippen LogP contribution in [0.3, 0.4) is 0 Å². The fourth-order valence-electron chi connectivity index (χ4n) is 2.14. The molecule has 0 amide bonds. The van der Waals surface area contributed by atoms with Gasteiger partial charge in [-0.3, -0.25) is 4.98 Å². The van der Waals surface area contributed by atoms with Crippen LogP contribution in [0.25, 0.3) is 10.9 Å². The van der Waals surface area contributed by atoms with Crippen molar-refractivity contribution in [3.05, 3.63) is 36.0 Å². The molecule has 0 bridgehead atoms. The van der Waals surface area contributed by atoms with E-state index in [1.54, 1.807) is 13.1 Å². The quantitative estimate of drug-likeness (QED) is 0.369. The Morgan fingerprint density at radius 3 is 2.85 bits per heavy atom. The molecule has 1 N–H and O–H groups in total. The number of nitrogens with one attached hydrogen (secondary N) is 1. The van der Waals surface area contributed by atoms with E-state index in [1.165, 1.54) is 13.3 Å². The molecular formula is C20H19N3O2S. The van der Waals surface area contributed by atoms with Crippen LogP contribution in [0.1, 0.15) is 19.4 Å². The Bertz CT molecular complexity index is 927. The minimum atomic E-state index is -0.875. The maximum atomic E-state index is 5.93. The van der Waals surface area contributed by atoms with Crippen LogP contribution in [0.5, 0.6) is 5.75 Å². The van der Waals surface area contributed by atoms with Gasteiger partial charge in [0.2, 0.25) is 0 Å². The fraction of sp³-hybridized carbons (Fsp3) is 0.250. The average molecular weight is 365 g/mol. The molecule has 2 aromatic rings. The molecule has 1 aromatic heterocycles. The summed E-state index contributed by atoms with van der Waals surface area (Å²) < 4.78 is 5.93. The third kappa shape index (κ3) is 4.72. The van der Waals surface area contributed by atoms with Gasteiger partial charge in [-0.05, 0) is 38.1 Å². The summed E-state index contributed by atoms with van der Waals surface area (Å²) in [7, 11) is 1.44. The average Bonchev–Trinajstić information content (AvgIpc) is 2.65. The maximum absolute atomic E-state index is 5.93. The van der Waals surface area contributed by atoms with Crippen molar-refractivity contribution in [3.8, 4) is 30.4 Å². The van der Waals surface area contributed by atoms with Crippen LogP contribution in [0, 0.1) is 24.7 Å². The van der Waals surface area contributed by atoms with Crippen molar-refractivity contribution in [2.75, 3.05) is 7.11 Å². The lowest BCUT2D eigenvalue weighted by molar-refractivity contribution is 0.213. The predicted molar refractivity (Wildman–Crippen MR) is 108 cm³/mol. The van der Waals surface area contributed by atoms with Crippen LogP contribution in [-0.2, 0) is 4.84 Å². The number of terminal acetylenes is 2. The molecule has 6 heteroatoms. The van der Waals surface area contributed by atoms with Crippen LogP contribution in [0.15, 0.2) is 35.6 Å². The Balaban J connectivity index is 2.13. The highest BCUT2D eigenvalue weighted by molar-refractivity contribution is 7.80. The summed E-state index contributed by atoms with van der Waals surface area (Å²) in [5, 5.41) is 7.66. The van der Waals surface area contributed by atoms with E-state index in [2.05, 4.69) is 32.1 Å². The van der Waals surface area contributed by atoms with Crippen molar-refractivity contribution in [2.24, 2.45) is 5.16 Å². The van der Waals surface area contributed by atoms with Crippen LogP contribution in [0.2, 0.25) is 0 Å².